The second-order valence-electron chi connectivity index (χ2n) is 8.45. The van der Waals surface area contributed by atoms with Crippen LogP contribution in [-0.4, -0.2) is 26.4 Å². The molecule has 7 heteroatoms. The SMILES string of the molecule is O=C(CSc1nnc(-c2ccco2)n1C1CCCCC1)NC1CCCc2ccccc21. The van der Waals surface area contributed by atoms with Gasteiger partial charge in [0.25, 0.3) is 0 Å². The maximum atomic E-state index is 12.8. The normalized spacial score (nSPS) is 19.2. The van der Waals surface area contributed by atoms with Crippen LogP contribution in [0.3, 0.4) is 0 Å². The van der Waals surface area contributed by atoms with Gasteiger partial charge < -0.3 is 9.73 Å². The van der Waals surface area contributed by atoms with Gasteiger partial charge in [-0.05, 0) is 55.4 Å². The van der Waals surface area contributed by atoms with Gasteiger partial charge in [0, 0.05) is 6.04 Å². The highest BCUT2D eigenvalue weighted by Gasteiger charge is 2.26. The molecule has 31 heavy (non-hydrogen) atoms. The lowest BCUT2D eigenvalue weighted by Gasteiger charge is -2.26. The smallest absolute Gasteiger partial charge is 0.230 e. The molecular weight excluding hydrogens is 408 g/mol. The summed E-state index contributed by atoms with van der Waals surface area (Å²) in [4.78, 5) is 12.8. The summed E-state index contributed by atoms with van der Waals surface area (Å²) in [6.07, 6.45) is 10.8. The molecule has 6 nitrogen and oxygen atoms in total. The largest absolute Gasteiger partial charge is 0.461 e. The third-order valence-corrected chi connectivity index (χ3v) is 7.33. The van der Waals surface area contributed by atoms with E-state index in [0.717, 1.165) is 48.8 Å². The van der Waals surface area contributed by atoms with Crippen LogP contribution in [0.2, 0.25) is 0 Å². The summed E-state index contributed by atoms with van der Waals surface area (Å²) >= 11 is 1.47. The Hall–Kier alpha value is -2.54. The minimum absolute atomic E-state index is 0.0458. The Bertz CT molecular complexity index is 1020. The van der Waals surface area contributed by atoms with Crippen LogP contribution in [0.25, 0.3) is 11.6 Å². The van der Waals surface area contributed by atoms with Gasteiger partial charge >= 0.3 is 0 Å². The fourth-order valence-corrected chi connectivity index (χ4v) is 5.70. The van der Waals surface area contributed by atoms with Gasteiger partial charge in [-0.1, -0.05) is 55.3 Å². The Morgan fingerprint density at radius 2 is 1.94 bits per heavy atom. The number of fused-ring (bicyclic) bond motifs is 1. The number of aryl methyl sites for hydroxylation is 1. The van der Waals surface area contributed by atoms with E-state index < -0.39 is 0 Å². The van der Waals surface area contributed by atoms with Crippen molar-refractivity contribution in [2.75, 3.05) is 5.75 Å². The van der Waals surface area contributed by atoms with Crippen molar-refractivity contribution in [1.82, 2.24) is 20.1 Å². The van der Waals surface area contributed by atoms with E-state index in [1.807, 2.05) is 12.1 Å². The Morgan fingerprint density at radius 3 is 2.77 bits per heavy atom. The van der Waals surface area contributed by atoms with Gasteiger partial charge in [-0.25, -0.2) is 0 Å². The number of nitrogens with one attached hydrogen (secondary N) is 1. The van der Waals surface area contributed by atoms with Crippen molar-refractivity contribution in [3.63, 3.8) is 0 Å². The molecule has 0 spiro atoms. The highest BCUT2D eigenvalue weighted by molar-refractivity contribution is 7.99. The molecule has 2 aliphatic carbocycles. The molecule has 5 rings (SSSR count). The number of hydrogen-bond acceptors (Lipinski definition) is 5. The summed E-state index contributed by atoms with van der Waals surface area (Å²) in [6.45, 7) is 0. The van der Waals surface area contributed by atoms with Crippen LogP contribution in [0, 0.1) is 0 Å². The summed E-state index contributed by atoms with van der Waals surface area (Å²) in [5, 5.41) is 12.9. The second-order valence-corrected chi connectivity index (χ2v) is 9.39. The molecule has 162 valence electrons. The molecule has 0 aliphatic heterocycles. The van der Waals surface area contributed by atoms with Gasteiger partial charge in [0.1, 0.15) is 0 Å². The van der Waals surface area contributed by atoms with E-state index in [1.165, 1.54) is 42.2 Å². The van der Waals surface area contributed by atoms with Crippen LogP contribution in [0.4, 0.5) is 0 Å². The lowest BCUT2D eigenvalue weighted by atomic mass is 9.88. The average Bonchev–Trinajstić information content (AvgIpc) is 3.48. The van der Waals surface area contributed by atoms with Crippen LogP contribution in [-0.2, 0) is 11.2 Å². The molecular formula is C24H28N4O2S. The number of amides is 1. The third kappa shape index (κ3) is 4.42. The number of hydrogen-bond donors (Lipinski definition) is 1. The van der Waals surface area contributed by atoms with Crippen molar-refractivity contribution < 1.29 is 9.21 Å². The molecule has 2 heterocycles. The molecule has 3 aromatic rings. The zero-order valence-electron chi connectivity index (χ0n) is 17.6. The van der Waals surface area contributed by atoms with Crippen molar-refractivity contribution in [2.24, 2.45) is 0 Å². The van der Waals surface area contributed by atoms with Crippen LogP contribution in [0.1, 0.15) is 68.2 Å². The van der Waals surface area contributed by atoms with Crippen LogP contribution in [0.15, 0.2) is 52.2 Å². The number of nitrogens with zero attached hydrogens (tertiary/aromatic N) is 3. The van der Waals surface area contributed by atoms with E-state index in [0.29, 0.717) is 11.8 Å². The summed E-state index contributed by atoms with van der Waals surface area (Å²) in [7, 11) is 0. The molecule has 1 amide bonds. The molecule has 1 N–H and O–H groups in total. The molecule has 1 saturated carbocycles. The fourth-order valence-electron chi connectivity index (χ4n) is 4.89. The zero-order chi connectivity index (χ0) is 21.0. The van der Waals surface area contributed by atoms with Crippen molar-refractivity contribution >= 4 is 17.7 Å². The lowest BCUT2D eigenvalue weighted by Crippen LogP contribution is -2.32. The fraction of sp³-hybridized carbons (Fsp3) is 0.458. The van der Waals surface area contributed by atoms with Gasteiger partial charge in [-0.15, -0.1) is 10.2 Å². The number of furan rings is 1. The van der Waals surface area contributed by atoms with Gasteiger partial charge in [-0.2, -0.15) is 0 Å². The molecule has 0 radical (unpaired) electrons. The third-order valence-electron chi connectivity index (χ3n) is 6.38. The van der Waals surface area contributed by atoms with E-state index in [4.69, 9.17) is 4.42 Å². The van der Waals surface area contributed by atoms with Gasteiger partial charge in [0.05, 0.1) is 18.1 Å². The minimum atomic E-state index is 0.0458. The summed E-state index contributed by atoms with van der Waals surface area (Å²) < 4.78 is 7.81. The number of rotatable bonds is 6. The molecule has 1 aromatic carbocycles. The first-order valence-corrected chi connectivity index (χ1v) is 12.3. The molecule has 1 unspecified atom stereocenters. The predicted molar refractivity (Wildman–Crippen MR) is 121 cm³/mol. The number of benzene rings is 1. The molecule has 2 aliphatic rings. The molecule has 0 saturated heterocycles. The quantitative estimate of drug-likeness (QED) is 0.529. The van der Waals surface area contributed by atoms with Gasteiger partial charge in [-0.3, -0.25) is 9.36 Å². The Labute approximate surface area is 186 Å². The molecule has 1 fully saturated rings. The average molecular weight is 437 g/mol. The van der Waals surface area contributed by atoms with Crippen molar-refractivity contribution in [2.45, 2.75) is 68.6 Å². The highest BCUT2D eigenvalue weighted by Crippen LogP contribution is 2.36. The lowest BCUT2D eigenvalue weighted by molar-refractivity contribution is -0.119. The Kier molecular flexibility index (Phi) is 6.11. The number of carbonyl (C=O) groups is 1. The Balaban J connectivity index is 1.30. The van der Waals surface area contributed by atoms with E-state index in [9.17, 15) is 4.79 Å². The first-order chi connectivity index (χ1) is 15.3. The van der Waals surface area contributed by atoms with Gasteiger partial charge in [0.2, 0.25) is 11.7 Å². The van der Waals surface area contributed by atoms with Crippen molar-refractivity contribution in [3.8, 4) is 11.6 Å². The maximum Gasteiger partial charge on any atom is 0.230 e. The van der Waals surface area contributed by atoms with Gasteiger partial charge in [0.15, 0.2) is 10.9 Å². The van der Waals surface area contributed by atoms with Crippen molar-refractivity contribution in [3.05, 3.63) is 53.8 Å². The maximum absolute atomic E-state index is 12.8. The summed E-state index contributed by atoms with van der Waals surface area (Å²) in [5.74, 6) is 1.88. The van der Waals surface area contributed by atoms with E-state index in [-0.39, 0.29) is 11.9 Å². The minimum Gasteiger partial charge on any atom is -0.461 e. The van der Waals surface area contributed by atoms with E-state index >= 15 is 0 Å². The standard InChI is InChI=1S/C24H28N4O2S/c29-22(25-20-13-6-9-17-8-4-5-12-19(17)20)16-31-24-27-26-23(21-14-7-15-30-21)28(24)18-10-2-1-3-11-18/h4-5,7-8,12,14-15,18,20H,1-3,6,9-11,13,16H2,(H,25,29). The van der Waals surface area contributed by atoms with Crippen LogP contribution >= 0.6 is 11.8 Å². The molecule has 2 aromatic heterocycles. The summed E-state index contributed by atoms with van der Waals surface area (Å²) in [5.41, 5.74) is 2.62. The predicted octanol–water partition coefficient (Wildman–Crippen LogP) is 5.33. The Morgan fingerprint density at radius 1 is 1.06 bits per heavy atom. The second kappa shape index (κ2) is 9.30. The van der Waals surface area contributed by atoms with Crippen LogP contribution < -0.4 is 5.32 Å². The molecule has 1 atom stereocenters. The first kappa shape index (κ1) is 20.4. The molecule has 0 bridgehead atoms. The number of thioether (sulfide) groups is 1. The van der Waals surface area contributed by atoms with Crippen LogP contribution in [0.5, 0.6) is 0 Å². The van der Waals surface area contributed by atoms with E-state index in [1.54, 1.807) is 6.26 Å². The number of carbonyl (C=O) groups excluding carboxylic acids is 1. The highest BCUT2D eigenvalue weighted by atomic mass is 32.2. The zero-order valence-corrected chi connectivity index (χ0v) is 18.4. The topological polar surface area (TPSA) is 73.0 Å². The summed E-state index contributed by atoms with van der Waals surface area (Å²) in [6, 6.07) is 12.7. The van der Waals surface area contributed by atoms with E-state index in [2.05, 4.69) is 44.3 Å². The monoisotopic (exact) mass is 436 g/mol. The first-order valence-electron chi connectivity index (χ1n) is 11.3. The van der Waals surface area contributed by atoms with Crippen molar-refractivity contribution in [1.29, 1.82) is 0 Å². The number of aromatic nitrogens is 3.